The molecule has 0 saturated carbocycles. The van der Waals surface area contributed by atoms with Gasteiger partial charge in [0.15, 0.2) is 9.84 Å². The Hall–Kier alpha value is -3.40. The van der Waals surface area contributed by atoms with E-state index in [1.165, 1.54) is 53.6 Å². The monoisotopic (exact) mass is 465 g/mol. The number of rotatable bonds is 9. The Morgan fingerprint density at radius 2 is 1.50 bits per heavy atom. The fourth-order valence-electron chi connectivity index (χ4n) is 2.97. The first kappa shape index (κ1) is 24.9. The van der Waals surface area contributed by atoms with Gasteiger partial charge in [-0.15, -0.1) is 0 Å². The van der Waals surface area contributed by atoms with Crippen LogP contribution in [0.1, 0.15) is 11.1 Å². The number of methoxy groups -OCH3 is 5. The first-order chi connectivity index (χ1) is 15.2. The van der Waals surface area contributed by atoms with Crippen molar-refractivity contribution < 1.29 is 36.9 Å². The number of benzene rings is 2. The van der Waals surface area contributed by atoms with Gasteiger partial charge in [0.2, 0.25) is 0 Å². The Morgan fingerprint density at radius 1 is 0.906 bits per heavy atom. The van der Waals surface area contributed by atoms with Crippen molar-refractivity contribution in [3.63, 3.8) is 0 Å². The van der Waals surface area contributed by atoms with E-state index in [0.717, 1.165) is 5.41 Å². The van der Waals surface area contributed by atoms with Crippen molar-refractivity contribution in [1.82, 2.24) is 0 Å². The third-order valence-electron chi connectivity index (χ3n) is 4.62. The second-order valence-electron chi connectivity index (χ2n) is 6.59. The summed E-state index contributed by atoms with van der Waals surface area (Å²) in [5, 5.41) is 1.09. The summed E-state index contributed by atoms with van der Waals surface area (Å²) in [5.41, 5.74) is 1.31. The number of hydrogen-bond acceptors (Lipinski definition) is 8. The number of carbonyl (C=O) groups is 1. The quantitative estimate of drug-likeness (QED) is 0.555. The van der Waals surface area contributed by atoms with Crippen molar-refractivity contribution in [2.45, 2.75) is 5.75 Å². The highest BCUT2D eigenvalue weighted by Gasteiger charge is 2.18. The van der Waals surface area contributed by atoms with Crippen LogP contribution in [0.2, 0.25) is 0 Å². The predicted molar refractivity (Wildman–Crippen MR) is 122 cm³/mol. The van der Waals surface area contributed by atoms with Crippen LogP contribution in [0.4, 0.5) is 10.5 Å². The molecule has 0 saturated heterocycles. The zero-order valence-corrected chi connectivity index (χ0v) is 19.7. The van der Waals surface area contributed by atoms with E-state index in [2.05, 4.69) is 0 Å². The molecule has 32 heavy (non-hydrogen) atoms. The standard InChI is InChI=1S/C22H27NO8S/c1-23(22(24)31-6)18-11-15(7-8-19(18)28-3)14-32(25,26)10-9-17-20(29-4)12-16(27-2)13-21(17)30-5/h7-13H,14H2,1-6H3/b10-9+. The highest BCUT2D eigenvalue weighted by molar-refractivity contribution is 7.93. The third-order valence-corrected chi connectivity index (χ3v) is 5.90. The zero-order valence-electron chi connectivity index (χ0n) is 18.9. The molecule has 0 N–H and O–H groups in total. The molecule has 0 aromatic heterocycles. The fraction of sp³-hybridized carbons (Fsp3) is 0.318. The molecule has 2 aromatic carbocycles. The van der Waals surface area contributed by atoms with E-state index >= 15 is 0 Å². The lowest BCUT2D eigenvalue weighted by molar-refractivity contribution is 0.180. The summed E-state index contributed by atoms with van der Waals surface area (Å²) in [4.78, 5) is 13.1. The molecule has 9 nitrogen and oxygen atoms in total. The van der Waals surface area contributed by atoms with E-state index in [-0.39, 0.29) is 5.75 Å². The van der Waals surface area contributed by atoms with Crippen LogP contribution < -0.4 is 23.8 Å². The summed E-state index contributed by atoms with van der Waals surface area (Å²) in [7, 11) is 4.98. The average Bonchev–Trinajstić information content (AvgIpc) is 2.80. The molecule has 0 aliphatic heterocycles. The molecule has 0 radical (unpaired) electrons. The highest BCUT2D eigenvalue weighted by Crippen LogP contribution is 2.35. The second-order valence-corrected chi connectivity index (χ2v) is 8.48. The first-order valence-corrected chi connectivity index (χ1v) is 11.1. The Kier molecular flexibility index (Phi) is 8.36. The van der Waals surface area contributed by atoms with Crippen LogP contribution >= 0.6 is 0 Å². The molecule has 0 aliphatic rings. The maximum atomic E-state index is 12.8. The van der Waals surface area contributed by atoms with Gasteiger partial charge in [0, 0.05) is 24.6 Å². The molecule has 0 atom stereocenters. The van der Waals surface area contributed by atoms with Crippen LogP contribution in [0.3, 0.4) is 0 Å². The van der Waals surface area contributed by atoms with Gasteiger partial charge in [-0.1, -0.05) is 6.07 Å². The molecule has 0 aliphatic carbocycles. The summed E-state index contributed by atoms with van der Waals surface area (Å²) in [6, 6.07) is 8.04. The lowest BCUT2D eigenvalue weighted by Crippen LogP contribution is -2.26. The maximum absolute atomic E-state index is 12.8. The second kappa shape index (κ2) is 10.8. The normalized spacial score (nSPS) is 11.2. The van der Waals surface area contributed by atoms with Crippen LogP contribution in [0, 0.1) is 0 Å². The number of anilines is 1. The zero-order chi connectivity index (χ0) is 23.9. The Balaban J connectivity index is 2.37. The van der Waals surface area contributed by atoms with E-state index in [9.17, 15) is 13.2 Å². The van der Waals surface area contributed by atoms with E-state index in [4.69, 9.17) is 23.7 Å². The lowest BCUT2D eigenvalue weighted by Gasteiger charge is -2.19. The van der Waals surface area contributed by atoms with E-state index in [1.807, 2.05) is 0 Å². The first-order valence-electron chi connectivity index (χ1n) is 9.39. The number of sulfone groups is 1. The van der Waals surface area contributed by atoms with Crippen molar-refractivity contribution in [3.05, 3.63) is 46.9 Å². The van der Waals surface area contributed by atoms with Crippen LogP contribution in [0.5, 0.6) is 23.0 Å². The number of ether oxygens (including phenoxy) is 5. The van der Waals surface area contributed by atoms with Crippen LogP contribution in [0.25, 0.3) is 6.08 Å². The minimum Gasteiger partial charge on any atom is -0.496 e. The van der Waals surface area contributed by atoms with E-state index < -0.39 is 15.9 Å². The molecule has 0 fully saturated rings. The van der Waals surface area contributed by atoms with Gasteiger partial charge in [-0.05, 0) is 23.8 Å². The van der Waals surface area contributed by atoms with Gasteiger partial charge in [0.1, 0.15) is 23.0 Å². The Bertz CT molecular complexity index is 1070. The van der Waals surface area contributed by atoms with Gasteiger partial charge < -0.3 is 23.7 Å². The van der Waals surface area contributed by atoms with Gasteiger partial charge >= 0.3 is 6.09 Å². The van der Waals surface area contributed by atoms with Crippen molar-refractivity contribution in [3.8, 4) is 23.0 Å². The van der Waals surface area contributed by atoms with Crippen molar-refractivity contribution >= 4 is 27.7 Å². The van der Waals surface area contributed by atoms with Crippen LogP contribution in [0.15, 0.2) is 35.7 Å². The van der Waals surface area contributed by atoms with Gasteiger partial charge in [0.05, 0.1) is 52.6 Å². The van der Waals surface area contributed by atoms with Gasteiger partial charge in [0.25, 0.3) is 0 Å². The van der Waals surface area contributed by atoms with E-state index in [1.54, 1.807) is 30.3 Å². The van der Waals surface area contributed by atoms with Gasteiger partial charge in [-0.2, -0.15) is 0 Å². The third kappa shape index (κ3) is 5.85. The van der Waals surface area contributed by atoms with Crippen LogP contribution in [-0.2, 0) is 20.3 Å². The largest absolute Gasteiger partial charge is 0.496 e. The number of hydrogen-bond donors (Lipinski definition) is 0. The summed E-state index contributed by atoms with van der Waals surface area (Å²) >= 11 is 0. The minimum atomic E-state index is -3.68. The van der Waals surface area contributed by atoms with Crippen molar-refractivity contribution in [2.75, 3.05) is 47.5 Å². The predicted octanol–water partition coefficient (Wildman–Crippen LogP) is 3.51. The molecule has 174 valence electrons. The van der Waals surface area contributed by atoms with Gasteiger partial charge in [-0.3, -0.25) is 4.90 Å². The Labute approximate surface area is 188 Å². The molecule has 10 heteroatoms. The molecule has 0 bridgehead atoms. The molecule has 0 unspecified atom stereocenters. The SMILES string of the molecule is COC(=O)N(C)c1cc(CS(=O)(=O)/C=C/c2c(OC)cc(OC)cc2OC)ccc1OC. The molecule has 2 rings (SSSR count). The fourth-order valence-corrected chi connectivity index (χ4v) is 4.06. The van der Waals surface area contributed by atoms with E-state index in [0.29, 0.717) is 39.8 Å². The van der Waals surface area contributed by atoms with Crippen LogP contribution in [-0.4, -0.2) is 57.1 Å². The topological polar surface area (TPSA) is 101 Å². The molecule has 0 spiro atoms. The summed E-state index contributed by atoms with van der Waals surface area (Å²) in [6.07, 6.45) is 0.805. The maximum Gasteiger partial charge on any atom is 0.413 e. The molecular weight excluding hydrogens is 438 g/mol. The lowest BCUT2D eigenvalue weighted by atomic mass is 10.1. The Morgan fingerprint density at radius 3 is 2.00 bits per heavy atom. The molecule has 2 aromatic rings. The summed E-state index contributed by atoms with van der Waals surface area (Å²) in [5.74, 6) is 1.43. The van der Waals surface area contributed by atoms with Crippen molar-refractivity contribution in [2.24, 2.45) is 0 Å². The summed E-state index contributed by atoms with van der Waals surface area (Å²) in [6.45, 7) is 0. The smallest absolute Gasteiger partial charge is 0.413 e. The number of amides is 1. The number of carbonyl (C=O) groups excluding carboxylic acids is 1. The molecular formula is C22H27NO8S. The number of nitrogens with zero attached hydrogens (tertiary/aromatic N) is 1. The summed E-state index contributed by atoms with van der Waals surface area (Å²) < 4.78 is 51.5. The molecule has 1 amide bonds. The van der Waals surface area contributed by atoms with Gasteiger partial charge in [-0.25, -0.2) is 13.2 Å². The average molecular weight is 466 g/mol. The van der Waals surface area contributed by atoms with Crippen molar-refractivity contribution in [1.29, 1.82) is 0 Å². The minimum absolute atomic E-state index is 0.295. The highest BCUT2D eigenvalue weighted by atomic mass is 32.2. The molecule has 0 heterocycles.